The summed E-state index contributed by atoms with van der Waals surface area (Å²) in [5.41, 5.74) is 1.03. The quantitative estimate of drug-likeness (QED) is 0.352. The zero-order valence-electron chi connectivity index (χ0n) is 12.0. The van der Waals surface area contributed by atoms with Crippen LogP contribution in [-0.4, -0.2) is 0 Å². The first-order valence-electron chi connectivity index (χ1n) is 5.81. The maximum atomic E-state index is 11.5. The molecule has 0 saturated carbocycles. The van der Waals surface area contributed by atoms with Gasteiger partial charge in [-0.25, -0.2) is 0 Å². The van der Waals surface area contributed by atoms with Gasteiger partial charge in [0.15, 0.2) is 5.43 Å². The Kier molecular flexibility index (Phi) is 35.3. The second kappa shape index (κ2) is 27.5. The third kappa shape index (κ3) is 18.1. The van der Waals surface area contributed by atoms with Crippen LogP contribution in [0.3, 0.4) is 0 Å². The molecular formula is C17H16CrO4. The van der Waals surface area contributed by atoms with Crippen LogP contribution in [0, 0.1) is 20.0 Å². The van der Waals surface area contributed by atoms with Crippen molar-refractivity contribution in [1.29, 1.82) is 0 Å². The Morgan fingerprint density at radius 3 is 2.09 bits per heavy atom. The predicted molar refractivity (Wildman–Crippen MR) is 76.8 cm³/mol. The van der Waals surface area contributed by atoms with E-state index in [-0.39, 0.29) is 22.8 Å². The van der Waals surface area contributed by atoms with Crippen molar-refractivity contribution in [3.63, 3.8) is 0 Å². The van der Waals surface area contributed by atoms with Crippen LogP contribution in [-0.2, 0) is 37.7 Å². The number of aryl methyl sites for hydroxylation is 1. The Hall–Kier alpha value is -1.88. The standard InChI is InChI=1S/C14H16O.3CO.Cr/c1-2-3-4-5-7-10-13-11-8-6-9-12-14(13)15;3*1-2;/h2-4,6,8-9,11-12H,1,5,7,10H2;;;;/b4-3+;;;;. The van der Waals surface area contributed by atoms with E-state index in [0.717, 1.165) is 24.8 Å². The molecule has 0 saturated heterocycles. The average Bonchev–Trinajstić information content (AvgIpc) is 2.78. The Morgan fingerprint density at radius 2 is 1.55 bits per heavy atom. The number of hydrogen-bond donors (Lipinski definition) is 0. The molecule has 0 N–H and O–H groups in total. The van der Waals surface area contributed by atoms with Crippen molar-refractivity contribution >= 4 is 0 Å². The van der Waals surface area contributed by atoms with Crippen molar-refractivity contribution in [3.05, 3.63) is 90.9 Å². The van der Waals surface area contributed by atoms with Crippen LogP contribution < -0.4 is 5.43 Å². The smallest absolute Gasteiger partial charge is 0 e. The Labute approximate surface area is 141 Å². The molecule has 1 aromatic rings. The fourth-order valence-corrected chi connectivity index (χ4v) is 1.38. The summed E-state index contributed by atoms with van der Waals surface area (Å²) in [6.45, 7) is 17.1. The van der Waals surface area contributed by atoms with Crippen molar-refractivity contribution < 1.29 is 31.3 Å². The monoisotopic (exact) mass is 336 g/mol. The van der Waals surface area contributed by atoms with Gasteiger partial charge < -0.3 is 0 Å². The van der Waals surface area contributed by atoms with Crippen LogP contribution in [0.15, 0.2) is 59.9 Å². The summed E-state index contributed by atoms with van der Waals surface area (Å²) in [5.74, 6) is 0. The van der Waals surface area contributed by atoms with Gasteiger partial charge in [0.25, 0.3) is 0 Å². The van der Waals surface area contributed by atoms with Gasteiger partial charge in [-0.2, -0.15) is 0 Å². The van der Waals surface area contributed by atoms with Crippen molar-refractivity contribution in [3.8, 4) is 0 Å². The zero-order valence-corrected chi connectivity index (χ0v) is 13.3. The molecule has 22 heavy (non-hydrogen) atoms. The van der Waals surface area contributed by atoms with Crippen LogP contribution in [0.4, 0.5) is 0 Å². The molecule has 0 spiro atoms. The minimum Gasteiger partial charge on any atom is 0 e. The minimum absolute atomic E-state index is 0. The summed E-state index contributed by atoms with van der Waals surface area (Å²) < 4.78 is 22.5. The van der Waals surface area contributed by atoms with Gasteiger partial charge in [0, 0.05) is 17.4 Å². The SMILES string of the molecule is C=C/C=C/CCCc1cccccc1=O.[C-]#[O+].[C-]#[O+].[C-]#[O+].[Cr]. The summed E-state index contributed by atoms with van der Waals surface area (Å²) in [6, 6.07) is 9.09. The first-order valence-corrected chi connectivity index (χ1v) is 5.81. The van der Waals surface area contributed by atoms with Gasteiger partial charge in [-0.15, -0.1) is 0 Å². The molecule has 0 aliphatic rings. The summed E-state index contributed by atoms with van der Waals surface area (Å²) >= 11 is 0. The normalized spacial score (nSPS) is 7.36. The molecular weight excluding hydrogens is 320 g/mol. The third-order valence-corrected chi connectivity index (χ3v) is 2.17. The van der Waals surface area contributed by atoms with Crippen LogP contribution >= 0.6 is 0 Å². The number of allylic oxidation sites excluding steroid dienone is 3. The van der Waals surface area contributed by atoms with Crippen LogP contribution in [0.5, 0.6) is 0 Å². The van der Waals surface area contributed by atoms with E-state index in [1.165, 1.54) is 0 Å². The molecule has 0 heterocycles. The number of rotatable bonds is 5. The van der Waals surface area contributed by atoms with Crippen LogP contribution in [0.1, 0.15) is 18.4 Å². The molecule has 0 bridgehead atoms. The summed E-state index contributed by atoms with van der Waals surface area (Å²) in [5, 5.41) is 0. The molecule has 0 fully saturated rings. The van der Waals surface area contributed by atoms with Crippen LogP contribution in [0.2, 0.25) is 0 Å². The van der Waals surface area contributed by atoms with E-state index in [2.05, 4.69) is 32.6 Å². The first kappa shape index (κ1) is 28.3. The molecule has 4 nitrogen and oxygen atoms in total. The van der Waals surface area contributed by atoms with Crippen molar-refractivity contribution in [2.24, 2.45) is 0 Å². The van der Waals surface area contributed by atoms with Gasteiger partial charge >= 0.3 is 33.9 Å². The summed E-state index contributed by atoms with van der Waals surface area (Å²) in [7, 11) is 0. The topological polar surface area (TPSA) is 76.8 Å². The molecule has 0 unspecified atom stereocenters. The summed E-state index contributed by atoms with van der Waals surface area (Å²) in [6.07, 6.45) is 8.60. The molecule has 0 radical (unpaired) electrons. The molecule has 0 aromatic heterocycles. The second-order valence-electron chi connectivity index (χ2n) is 3.36. The molecule has 0 aliphatic heterocycles. The number of hydrogen-bond acceptors (Lipinski definition) is 1. The van der Waals surface area contributed by atoms with Gasteiger partial charge in [-0.3, -0.25) is 4.79 Å². The first-order chi connectivity index (χ1) is 10.3. The Morgan fingerprint density at radius 1 is 1.00 bits per heavy atom. The maximum Gasteiger partial charge on any atom is 0 e. The van der Waals surface area contributed by atoms with Gasteiger partial charge in [0.05, 0.1) is 0 Å². The molecule has 114 valence electrons. The fourth-order valence-electron chi connectivity index (χ4n) is 1.38. The van der Waals surface area contributed by atoms with E-state index in [4.69, 9.17) is 14.0 Å². The van der Waals surface area contributed by atoms with E-state index in [9.17, 15) is 4.79 Å². The van der Waals surface area contributed by atoms with E-state index >= 15 is 0 Å². The van der Waals surface area contributed by atoms with Crippen molar-refractivity contribution in [2.75, 3.05) is 0 Å². The Balaban J connectivity index is -0.000000206. The molecule has 1 rings (SSSR count). The third-order valence-electron chi connectivity index (χ3n) is 2.17. The van der Waals surface area contributed by atoms with E-state index in [1.54, 1.807) is 18.2 Å². The maximum absolute atomic E-state index is 11.5. The van der Waals surface area contributed by atoms with Gasteiger partial charge in [-0.05, 0) is 30.9 Å². The zero-order chi connectivity index (χ0) is 16.9. The van der Waals surface area contributed by atoms with Gasteiger partial charge in [0.2, 0.25) is 0 Å². The molecule has 0 aliphatic carbocycles. The molecule has 0 amide bonds. The second-order valence-corrected chi connectivity index (χ2v) is 3.36. The van der Waals surface area contributed by atoms with Gasteiger partial charge in [-0.1, -0.05) is 49.1 Å². The van der Waals surface area contributed by atoms with Crippen molar-refractivity contribution in [1.82, 2.24) is 0 Å². The number of unbranched alkanes of at least 4 members (excludes halogenated alkanes) is 1. The average molecular weight is 336 g/mol. The largest absolute Gasteiger partial charge is 0 e. The Bertz CT molecular complexity index is 502. The van der Waals surface area contributed by atoms with Gasteiger partial charge in [0.1, 0.15) is 0 Å². The van der Waals surface area contributed by atoms with Crippen molar-refractivity contribution in [2.45, 2.75) is 19.3 Å². The molecule has 0 atom stereocenters. The minimum atomic E-state index is 0. The van der Waals surface area contributed by atoms with Crippen LogP contribution in [0.25, 0.3) is 0 Å². The van der Waals surface area contributed by atoms with E-state index in [0.29, 0.717) is 0 Å². The molecule has 5 heteroatoms. The van der Waals surface area contributed by atoms with E-state index < -0.39 is 0 Å². The summed E-state index contributed by atoms with van der Waals surface area (Å²) in [4.78, 5) is 11.5. The van der Waals surface area contributed by atoms with E-state index in [1.807, 2.05) is 24.3 Å². The molecule has 1 aromatic carbocycles. The fraction of sp³-hybridized carbons (Fsp3) is 0.176. The predicted octanol–water partition coefficient (Wildman–Crippen LogP) is 3.00.